The molecule has 1 aromatic heterocycles. The van der Waals surface area contributed by atoms with Crippen LogP contribution in [0, 0.1) is 0 Å². The molecule has 4 heteroatoms. The Bertz CT molecular complexity index is 617. The summed E-state index contributed by atoms with van der Waals surface area (Å²) in [5, 5.41) is 21.6. The van der Waals surface area contributed by atoms with Crippen LogP contribution in [0.2, 0.25) is 5.02 Å². The minimum atomic E-state index is -1.35. The van der Waals surface area contributed by atoms with Crippen molar-refractivity contribution in [1.82, 2.24) is 4.98 Å². The van der Waals surface area contributed by atoms with Gasteiger partial charge in [-0.2, -0.15) is 0 Å². The Morgan fingerprint density at radius 3 is 1.95 bits per heavy atom. The first-order valence-electron chi connectivity index (χ1n) is 6.63. The first-order chi connectivity index (χ1) is 9.81. The average Bonchev–Trinajstić information content (AvgIpc) is 2.46. The van der Waals surface area contributed by atoms with Crippen molar-refractivity contribution in [3.63, 3.8) is 0 Å². The predicted octanol–water partition coefficient (Wildman–Crippen LogP) is 3.30. The zero-order valence-electron chi connectivity index (χ0n) is 12.0. The summed E-state index contributed by atoms with van der Waals surface area (Å²) in [6.45, 7) is 3.30. The van der Waals surface area contributed by atoms with E-state index >= 15 is 0 Å². The molecule has 2 N–H and O–H groups in total. The Kier molecular flexibility index (Phi) is 4.47. The van der Waals surface area contributed by atoms with Crippen LogP contribution in [-0.4, -0.2) is 20.8 Å². The highest BCUT2D eigenvalue weighted by atomic mass is 35.5. The van der Waals surface area contributed by atoms with Crippen LogP contribution in [0.4, 0.5) is 0 Å². The molecule has 0 fully saturated rings. The maximum absolute atomic E-state index is 11.1. The molecule has 1 aromatic carbocycles. The second kappa shape index (κ2) is 5.98. The van der Waals surface area contributed by atoms with E-state index in [1.165, 1.54) is 0 Å². The Morgan fingerprint density at radius 1 is 0.905 bits per heavy atom. The van der Waals surface area contributed by atoms with Crippen LogP contribution in [0.1, 0.15) is 25.0 Å². The fourth-order valence-electron chi connectivity index (χ4n) is 1.99. The molecule has 0 aliphatic carbocycles. The lowest BCUT2D eigenvalue weighted by Gasteiger charge is -2.27. The first-order valence-corrected chi connectivity index (χ1v) is 7.01. The molecule has 0 aliphatic rings. The maximum Gasteiger partial charge on any atom is 0.133 e. The van der Waals surface area contributed by atoms with Crippen LogP contribution in [0.15, 0.2) is 60.9 Å². The van der Waals surface area contributed by atoms with E-state index in [1.807, 2.05) is 0 Å². The van der Waals surface area contributed by atoms with Crippen LogP contribution in [-0.2, 0) is 5.60 Å². The summed E-state index contributed by atoms with van der Waals surface area (Å²) < 4.78 is 0. The third-order valence-electron chi connectivity index (χ3n) is 3.14. The molecule has 0 saturated heterocycles. The molecule has 3 nitrogen and oxygen atoms in total. The lowest BCUT2D eigenvalue weighted by Crippen LogP contribution is -2.26. The van der Waals surface area contributed by atoms with Crippen LogP contribution < -0.4 is 0 Å². The Hall–Kier alpha value is -1.68. The minimum Gasteiger partial charge on any atom is -0.386 e. The molecule has 110 valence electrons. The number of nitrogens with zero attached hydrogens (tertiary/aromatic N) is 1. The van der Waals surface area contributed by atoms with Gasteiger partial charge in [0.15, 0.2) is 0 Å². The summed E-state index contributed by atoms with van der Waals surface area (Å²) in [5.41, 5.74) is -1.04. The zero-order valence-corrected chi connectivity index (χ0v) is 12.7. The van der Waals surface area contributed by atoms with Crippen molar-refractivity contribution in [2.75, 3.05) is 0 Å². The molecule has 0 spiro atoms. The monoisotopic (exact) mass is 303 g/mol. The van der Waals surface area contributed by atoms with Gasteiger partial charge in [-0.15, -0.1) is 0 Å². The van der Waals surface area contributed by atoms with Gasteiger partial charge in [-0.3, -0.25) is 4.98 Å². The van der Waals surface area contributed by atoms with Gasteiger partial charge in [0, 0.05) is 17.4 Å². The molecule has 0 radical (unpaired) electrons. The number of hydrogen-bond acceptors (Lipinski definition) is 3. The third-order valence-corrected chi connectivity index (χ3v) is 3.39. The normalized spacial score (nSPS) is 15.1. The molecule has 0 amide bonds. The summed E-state index contributed by atoms with van der Waals surface area (Å²) in [4.78, 5) is 3.97. The van der Waals surface area contributed by atoms with Crippen molar-refractivity contribution in [3.8, 4) is 0 Å². The molecule has 0 unspecified atom stereocenters. The number of rotatable bonds is 4. The Morgan fingerprint density at radius 2 is 1.43 bits per heavy atom. The molecular formula is C17H18ClNO2. The molecule has 21 heavy (non-hydrogen) atoms. The van der Waals surface area contributed by atoms with Crippen LogP contribution in [0.3, 0.4) is 0 Å². The zero-order chi connectivity index (χ0) is 15.5. The lowest BCUT2D eigenvalue weighted by atomic mass is 9.85. The summed E-state index contributed by atoms with van der Waals surface area (Å²) in [6, 6.07) is 10.4. The SMILES string of the molecule is CC(C)(O)/C=C/[C@](O)(c1ccncc1)c1ccc(Cl)cc1. The highest BCUT2D eigenvalue weighted by Gasteiger charge is 2.29. The second-order valence-corrected chi connectivity index (χ2v) is 5.93. The Balaban J connectivity index is 2.54. The lowest BCUT2D eigenvalue weighted by molar-refractivity contribution is 0.115. The van der Waals surface area contributed by atoms with E-state index in [0.717, 1.165) is 0 Å². The fourth-order valence-corrected chi connectivity index (χ4v) is 2.12. The second-order valence-electron chi connectivity index (χ2n) is 5.50. The van der Waals surface area contributed by atoms with Gasteiger partial charge < -0.3 is 10.2 Å². The average molecular weight is 304 g/mol. The van der Waals surface area contributed by atoms with E-state index < -0.39 is 11.2 Å². The van der Waals surface area contributed by atoms with E-state index in [9.17, 15) is 10.2 Å². The van der Waals surface area contributed by atoms with Gasteiger partial charge in [-0.05, 0) is 55.3 Å². The molecule has 0 aliphatic heterocycles. The van der Waals surface area contributed by atoms with Crippen molar-refractivity contribution in [1.29, 1.82) is 0 Å². The van der Waals surface area contributed by atoms with Crippen molar-refractivity contribution in [2.24, 2.45) is 0 Å². The van der Waals surface area contributed by atoms with Crippen LogP contribution in [0.25, 0.3) is 0 Å². The van der Waals surface area contributed by atoms with Crippen molar-refractivity contribution in [2.45, 2.75) is 25.0 Å². The van der Waals surface area contributed by atoms with Crippen LogP contribution >= 0.6 is 11.6 Å². The highest BCUT2D eigenvalue weighted by molar-refractivity contribution is 6.30. The van der Waals surface area contributed by atoms with Gasteiger partial charge in [0.25, 0.3) is 0 Å². The quantitative estimate of drug-likeness (QED) is 0.852. The standard InChI is InChI=1S/C17H18ClNO2/c1-16(2,20)9-10-17(21,14-7-11-19-12-8-14)13-3-5-15(18)6-4-13/h3-12,20-21H,1-2H3/b10-9+/t17-/m1/s1. The summed E-state index contributed by atoms with van der Waals surface area (Å²) in [7, 11) is 0. The molecule has 0 bridgehead atoms. The highest BCUT2D eigenvalue weighted by Crippen LogP contribution is 2.32. The van der Waals surface area contributed by atoms with Gasteiger partial charge >= 0.3 is 0 Å². The number of aliphatic hydroxyl groups is 2. The topological polar surface area (TPSA) is 53.4 Å². The van der Waals surface area contributed by atoms with Gasteiger partial charge in [0.2, 0.25) is 0 Å². The largest absolute Gasteiger partial charge is 0.386 e. The van der Waals surface area contributed by atoms with Gasteiger partial charge in [-0.1, -0.05) is 29.8 Å². The van der Waals surface area contributed by atoms with Crippen LogP contribution in [0.5, 0.6) is 0 Å². The van der Waals surface area contributed by atoms with Crippen molar-refractivity contribution < 1.29 is 10.2 Å². The molecule has 2 aromatic rings. The molecule has 1 atom stereocenters. The molecule has 2 rings (SSSR count). The predicted molar refractivity (Wildman–Crippen MR) is 84.1 cm³/mol. The smallest absolute Gasteiger partial charge is 0.133 e. The number of aromatic nitrogens is 1. The van der Waals surface area contributed by atoms with Gasteiger partial charge in [0.05, 0.1) is 5.60 Å². The van der Waals surface area contributed by atoms with E-state index in [0.29, 0.717) is 16.1 Å². The number of benzene rings is 1. The van der Waals surface area contributed by atoms with Gasteiger partial charge in [-0.25, -0.2) is 0 Å². The van der Waals surface area contributed by atoms with Crippen molar-refractivity contribution >= 4 is 11.6 Å². The van der Waals surface area contributed by atoms with E-state index in [4.69, 9.17) is 11.6 Å². The fraction of sp³-hybridized carbons (Fsp3) is 0.235. The third kappa shape index (κ3) is 3.91. The number of hydrogen-bond donors (Lipinski definition) is 2. The summed E-state index contributed by atoms with van der Waals surface area (Å²) in [5.74, 6) is 0. The minimum absolute atomic E-state index is 0.599. The number of halogens is 1. The molecule has 0 saturated carbocycles. The van der Waals surface area contributed by atoms with E-state index in [2.05, 4.69) is 4.98 Å². The Labute approximate surface area is 129 Å². The number of pyridine rings is 1. The van der Waals surface area contributed by atoms with Crippen molar-refractivity contribution in [3.05, 3.63) is 77.1 Å². The van der Waals surface area contributed by atoms with Gasteiger partial charge in [0.1, 0.15) is 5.60 Å². The summed E-state index contributed by atoms with van der Waals surface area (Å²) >= 11 is 5.91. The van der Waals surface area contributed by atoms with E-state index in [-0.39, 0.29) is 0 Å². The molecule has 1 heterocycles. The molecular weight excluding hydrogens is 286 g/mol. The summed E-state index contributed by atoms with van der Waals surface area (Å²) in [6.07, 6.45) is 6.40. The van der Waals surface area contributed by atoms with E-state index in [1.54, 1.807) is 74.8 Å². The first kappa shape index (κ1) is 15.7. The maximum atomic E-state index is 11.1.